The van der Waals surface area contributed by atoms with E-state index >= 15 is 0 Å². The molecule has 0 saturated carbocycles. The number of carbonyl (C=O) groups excluding carboxylic acids is 1. The molecule has 2 rings (SSSR count). The minimum Gasteiger partial charge on any atom is -0.386 e. The van der Waals surface area contributed by atoms with Crippen molar-refractivity contribution in [2.75, 3.05) is 18.9 Å². The third kappa shape index (κ3) is 3.51. The molecule has 1 amide bonds. The summed E-state index contributed by atoms with van der Waals surface area (Å²) in [6.45, 7) is 1.32. The van der Waals surface area contributed by atoms with Gasteiger partial charge in [0.25, 0.3) is 5.91 Å². The largest absolute Gasteiger partial charge is 0.386 e. The summed E-state index contributed by atoms with van der Waals surface area (Å²) in [4.78, 5) is 15.9. The van der Waals surface area contributed by atoms with Crippen LogP contribution >= 0.6 is 0 Å². The fourth-order valence-electron chi connectivity index (χ4n) is 1.68. The van der Waals surface area contributed by atoms with Gasteiger partial charge in [0.1, 0.15) is 0 Å². The smallest absolute Gasteiger partial charge is 0.253 e. The molecule has 0 aliphatic carbocycles. The second kappa shape index (κ2) is 6.48. The van der Waals surface area contributed by atoms with Crippen LogP contribution < -0.4 is 10.6 Å². The average Bonchev–Trinajstić information content (AvgIpc) is 2.96. The maximum Gasteiger partial charge on any atom is 0.253 e. The Morgan fingerprint density at radius 1 is 1.42 bits per heavy atom. The molecule has 0 bridgehead atoms. The molecule has 0 aliphatic heterocycles. The lowest BCUT2D eigenvalue weighted by molar-refractivity contribution is 0.0953. The van der Waals surface area contributed by atoms with Crippen LogP contribution in [0.1, 0.15) is 16.8 Å². The first-order valence-corrected chi connectivity index (χ1v) is 6.05. The molecule has 0 fully saturated rings. The summed E-state index contributed by atoms with van der Waals surface area (Å²) < 4.78 is 1.73. The van der Waals surface area contributed by atoms with Crippen LogP contribution in [-0.2, 0) is 6.54 Å². The zero-order valence-corrected chi connectivity index (χ0v) is 10.7. The lowest BCUT2D eigenvalue weighted by Gasteiger charge is -2.09. The predicted molar refractivity (Wildman–Crippen MR) is 70.8 cm³/mol. The summed E-state index contributed by atoms with van der Waals surface area (Å²) in [5, 5.41) is 13.4. The molecule has 0 aliphatic rings. The van der Waals surface area contributed by atoms with Gasteiger partial charge in [-0.25, -0.2) is 0 Å². The molecule has 19 heavy (non-hydrogen) atoms. The van der Waals surface area contributed by atoms with E-state index in [1.807, 2.05) is 0 Å². The minimum absolute atomic E-state index is 0.106. The second-order valence-electron chi connectivity index (χ2n) is 3.95. The molecular formula is C12H16N6O. The number of nitrogens with zero attached hydrogens (tertiary/aromatic N) is 4. The van der Waals surface area contributed by atoms with E-state index in [1.54, 1.807) is 42.6 Å². The van der Waals surface area contributed by atoms with E-state index in [4.69, 9.17) is 0 Å². The van der Waals surface area contributed by atoms with Crippen LogP contribution in [0, 0.1) is 0 Å². The first-order valence-electron chi connectivity index (χ1n) is 6.05. The van der Waals surface area contributed by atoms with E-state index in [1.165, 1.54) is 0 Å². The Hall–Kier alpha value is -2.44. The topological polar surface area (TPSA) is 84.7 Å². The van der Waals surface area contributed by atoms with Crippen LogP contribution in [0.4, 0.5) is 5.69 Å². The van der Waals surface area contributed by atoms with Gasteiger partial charge >= 0.3 is 0 Å². The first-order chi connectivity index (χ1) is 9.31. The van der Waals surface area contributed by atoms with Gasteiger partial charge in [-0.3, -0.25) is 14.5 Å². The zero-order valence-electron chi connectivity index (χ0n) is 10.7. The summed E-state index contributed by atoms with van der Waals surface area (Å²) in [5.74, 6) is -0.106. The Kier molecular flexibility index (Phi) is 4.44. The first kappa shape index (κ1) is 13.0. The third-order valence-corrected chi connectivity index (χ3v) is 2.66. The van der Waals surface area contributed by atoms with Gasteiger partial charge in [0, 0.05) is 32.5 Å². The fourth-order valence-corrected chi connectivity index (χ4v) is 1.68. The molecule has 0 radical (unpaired) electrons. The minimum atomic E-state index is -0.106. The van der Waals surface area contributed by atoms with E-state index in [0.717, 1.165) is 18.7 Å². The Morgan fingerprint density at radius 2 is 2.32 bits per heavy atom. The van der Waals surface area contributed by atoms with E-state index < -0.39 is 0 Å². The van der Waals surface area contributed by atoms with Crippen molar-refractivity contribution in [1.82, 2.24) is 25.3 Å². The molecular weight excluding hydrogens is 244 g/mol. The average molecular weight is 260 g/mol. The van der Waals surface area contributed by atoms with Crippen LogP contribution in [0.25, 0.3) is 0 Å². The molecule has 0 saturated heterocycles. The molecule has 7 heteroatoms. The monoisotopic (exact) mass is 260 g/mol. The Bertz CT molecular complexity index is 525. The number of hydrogen-bond donors (Lipinski definition) is 2. The molecule has 0 spiro atoms. The van der Waals surface area contributed by atoms with Crippen molar-refractivity contribution in [2.24, 2.45) is 0 Å². The summed E-state index contributed by atoms with van der Waals surface area (Å²) in [6, 6.07) is 1.69. The standard InChI is InChI=1S/C12H16N6O/c1-13-11-9-14-5-3-10(11)12(19)15-4-2-7-18-8-6-16-17-18/h3,5-6,8-9,13H,2,4,7H2,1H3,(H,15,19). The molecule has 0 atom stereocenters. The third-order valence-electron chi connectivity index (χ3n) is 2.66. The van der Waals surface area contributed by atoms with Crippen LogP contribution in [0.2, 0.25) is 0 Å². The molecule has 2 N–H and O–H groups in total. The zero-order chi connectivity index (χ0) is 13.5. The number of aromatic nitrogens is 4. The van der Waals surface area contributed by atoms with Crippen molar-refractivity contribution >= 4 is 11.6 Å². The van der Waals surface area contributed by atoms with Crippen molar-refractivity contribution < 1.29 is 4.79 Å². The number of carbonyl (C=O) groups is 1. The van der Waals surface area contributed by atoms with Crippen molar-refractivity contribution in [2.45, 2.75) is 13.0 Å². The highest BCUT2D eigenvalue weighted by Gasteiger charge is 2.09. The number of nitrogens with one attached hydrogen (secondary N) is 2. The normalized spacial score (nSPS) is 10.2. The highest BCUT2D eigenvalue weighted by molar-refractivity contribution is 5.99. The molecule has 2 heterocycles. The molecule has 7 nitrogen and oxygen atoms in total. The number of amides is 1. The number of rotatable bonds is 6. The lowest BCUT2D eigenvalue weighted by atomic mass is 10.2. The van der Waals surface area contributed by atoms with E-state index in [-0.39, 0.29) is 5.91 Å². The Balaban J connectivity index is 1.81. The van der Waals surface area contributed by atoms with Gasteiger partial charge < -0.3 is 10.6 Å². The fraction of sp³-hybridized carbons (Fsp3) is 0.333. The van der Waals surface area contributed by atoms with Gasteiger partial charge in [-0.1, -0.05) is 5.21 Å². The highest BCUT2D eigenvalue weighted by Crippen LogP contribution is 2.11. The molecule has 2 aromatic rings. The van der Waals surface area contributed by atoms with Gasteiger partial charge in [-0.05, 0) is 12.5 Å². The maximum atomic E-state index is 12.0. The van der Waals surface area contributed by atoms with Crippen LogP contribution in [0.3, 0.4) is 0 Å². The predicted octanol–water partition coefficient (Wildman–Crippen LogP) is 0.535. The van der Waals surface area contributed by atoms with E-state index in [9.17, 15) is 4.79 Å². The number of hydrogen-bond acceptors (Lipinski definition) is 5. The van der Waals surface area contributed by atoms with Crippen LogP contribution in [0.15, 0.2) is 30.9 Å². The van der Waals surface area contributed by atoms with Gasteiger partial charge in [0.05, 0.1) is 23.6 Å². The lowest BCUT2D eigenvalue weighted by Crippen LogP contribution is -2.26. The molecule has 2 aromatic heterocycles. The number of pyridine rings is 1. The molecule has 100 valence electrons. The summed E-state index contributed by atoms with van der Waals surface area (Å²) in [6.07, 6.45) is 7.46. The van der Waals surface area contributed by atoms with Crippen molar-refractivity contribution in [3.8, 4) is 0 Å². The van der Waals surface area contributed by atoms with Crippen LogP contribution in [-0.4, -0.2) is 39.5 Å². The maximum absolute atomic E-state index is 12.0. The Labute approximate surface area is 111 Å². The highest BCUT2D eigenvalue weighted by atomic mass is 16.1. The van der Waals surface area contributed by atoms with Crippen molar-refractivity contribution in [3.05, 3.63) is 36.4 Å². The SMILES string of the molecule is CNc1cnccc1C(=O)NCCCn1ccnn1. The molecule has 0 aromatic carbocycles. The van der Waals surface area contributed by atoms with Gasteiger partial charge in [0.15, 0.2) is 0 Å². The van der Waals surface area contributed by atoms with E-state index in [0.29, 0.717) is 12.1 Å². The molecule has 0 unspecified atom stereocenters. The van der Waals surface area contributed by atoms with Crippen molar-refractivity contribution in [1.29, 1.82) is 0 Å². The van der Waals surface area contributed by atoms with E-state index in [2.05, 4.69) is 25.9 Å². The summed E-state index contributed by atoms with van der Waals surface area (Å²) in [7, 11) is 1.76. The summed E-state index contributed by atoms with van der Waals surface area (Å²) in [5.41, 5.74) is 1.31. The number of anilines is 1. The van der Waals surface area contributed by atoms with Gasteiger partial charge in [-0.2, -0.15) is 0 Å². The van der Waals surface area contributed by atoms with Gasteiger partial charge in [0.2, 0.25) is 0 Å². The quantitative estimate of drug-likeness (QED) is 0.740. The second-order valence-corrected chi connectivity index (χ2v) is 3.95. The summed E-state index contributed by atoms with van der Waals surface area (Å²) >= 11 is 0. The number of aryl methyl sites for hydroxylation is 1. The van der Waals surface area contributed by atoms with Gasteiger partial charge in [-0.15, -0.1) is 5.10 Å². The Morgan fingerprint density at radius 3 is 3.05 bits per heavy atom. The van der Waals surface area contributed by atoms with Crippen LogP contribution in [0.5, 0.6) is 0 Å². The van der Waals surface area contributed by atoms with Crippen molar-refractivity contribution in [3.63, 3.8) is 0 Å².